The molecule has 0 amide bonds. The molecule has 96 valence electrons. The fourth-order valence-corrected chi connectivity index (χ4v) is 2.53. The lowest BCUT2D eigenvalue weighted by molar-refractivity contribution is 0.199. The van der Waals surface area contributed by atoms with Gasteiger partial charge in [-0.3, -0.25) is 0 Å². The zero-order valence-electron chi connectivity index (χ0n) is 11.1. The molecule has 1 saturated carbocycles. The second-order valence-electron chi connectivity index (χ2n) is 5.52. The van der Waals surface area contributed by atoms with E-state index < -0.39 is 0 Å². The minimum absolute atomic E-state index is 0.552. The summed E-state index contributed by atoms with van der Waals surface area (Å²) >= 11 is 0. The molecule has 0 aromatic heterocycles. The minimum atomic E-state index is 0.552. The summed E-state index contributed by atoms with van der Waals surface area (Å²) in [4.78, 5) is 0. The van der Waals surface area contributed by atoms with Gasteiger partial charge < -0.3 is 15.4 Å². The average Bonchev–Trinajstić information content (AvgIpc) is 2.57. The molecule has 0 radical (unpaired) electrons. The fourth-order valence-electron chi connectivity index (χ4n) is 2.53. The molecule has 2 N–H and O–H groups in total. The zero-order valence-corrected chi connectivity index (χ0v) is 11.1. The molecule has 1 aliphatic carbocycles. The van der Waals surface area contributed by atoms with Crippen molar-refractivity contribution < 1.29 is 4.74 Å². The van der Waals surface area contributed by atoms with E-state index in [-0.39, 0.29) is 0 Å². The Balaban J connectivity index is 1.95. The molecule has 1 aliphatic rings. The lowest BCUT2D eigenvalue weighted by Gasteiger charge is -2.27. The molecule has 0 aromatic rings. The van der Waals surface area contributed by atoms with Gasteiger partial charge in [0.15, 0.2) is 0 Å². The molecule has 1 unspecified atom stereocenters. The van der Waals surface area contributed by atoms with Gasteiger partial charge in [-0.1, -0.05) is 20.3 Å². The Bertz CT molecular complexity index is 183. The summed E-state index contributed by atoms with van der Waals surface area (Å²) in [5, 5.41) is 6.90. The van der Waals surface area contributed by atoms with Crippen LogP contribution in [0.4, 0.5) is 0 Å². The zero-order chi connectivity index (χ0) is 11.9. The maximum atomic E-state index is 4.97. The van der Waals surface area contributed by atoms with Gasteiger partial charge >= 0.3 is 0 Å². The van der Waals surface area contributed by atoms with Gasteiger partial charge in [0.05, 0.1) is 6.61 Å². The van der Waals surface area contributed by atoms with Gasteiger partial charge in [0.1, 0.15) is 0 Å². The van der Waals surface area contributed by atoms with E-state index in [1.165, 1.54) is 25.8 Å². The molecule has 0 aliphatic heterocycles. The van der Waals surface area contributed by atoms with Crippen LogP contribution in [-0.4, -0.2) is 39.9 Å². The molecule has 0 heterocycles. The van der Waals surface area contributed by atoms with Crippen molar-refractivity contribution >= 4 is 0 Å². The Morgan fingerprint density at radius 2 is 1.94 bits per heavy atom. The van der Waals surface area contributed by atoms with Gasteiger partial charge in [0, 0.05) is 26.7 Å². The monoisotopic (exact) mass is 228 g/mol. The van der Waals surface area contributed by atoms with Gasteiger partial charge in [-0.15, -0.1) is 0 Å². The van der Waals surface area contributed by atoms with Crippen molar-refractivity contribution in [3.8, 4) is 0 Å². The summed E-state index contributed by atoms with van der Waals surface area (Å²) in [5.41, 5.74) is 0.552. The predicted molar refractivity (Wildman–Crippen MR) is 68.7 cm³/mol. The van der Waals surface area contributed by atoms with Crippen LogP contribution < -0.4 is 10.6 Å². The third-order valence-corrected chi connectivity index (χ3v) is 3.83. The number of rotatable bonds is 8. The van der Waals surface area contributed by atoms with Crippen molar-refractivity contribution in [3.05, 3.63) is 0 Å². The van der Waals surface area contributed by atoms with E-state index in [1.54, 1.807) is 7.11 Å². The lowest BCUT2D eigenvalue weighted by Crippen LogP contribution is -2.34. The fraction of sp³-hybridized carbons (Fsp3) is 1.00. The Morgan fingerprint density at radius 3 is 2.56 bits per heavy atom. The minimum Gasteiger partial charge on any atom is -0.383 e. The van der Waals surface area contributed by atoms with E-state index in [4.69, 9.17) is 4.74 Å². The smallest absolute Gasteiger partial charge is 0.0587 e. The molecule has 0 aromatic carbocycles. The third kappa shape index (κ3) is 4.81. The Hall–Kier alpha value is -0.120. The first-order chi connectivity index (χ1) is 7.67. The van der Waals surface area contributed by atoms with E-state index in [0.29, 0.717) is 5.41 Å². The van der Waals surface area contributed by atoms with E-state index in [0.717, 1.165) is 32.2 Å². The summed E-state index contributed by atoms with van der Waals surface area (Å²) in [5.74, 6) is 0.867. The van der Waals surface area contributed by atoms with Crippen LogP contribution in [0, 0.1) is 11.3 Å². The quantitative estimate of drug-likeness (QED) is 0.620. The Morgan fingerprint density at radius 1 is 1.19 bits per heavy atom. The van der Waals surface area contributed by atoms with Crippen molar-refractivity contribution in [2.75, 3.05) is 39.9 Å². The predicted octanol–water partition coefficient (Wildman–Crippen LogP) is 1.64. The Labute approximate surface area is 100 Å². The second-order valence-corrected chi connectivity index (χ2v) is 5.52. The molecular formula is C13H28N2O. The first kappa shape index (κ1) is 13.9. The number of nitrogens with one attached hydrogen (secondary N) is 2. The van der Waals surface area contributed by atoms with Crippen LogP contribution in [0.3, 0.4) is 0 Å². The molecule has 1 fully saturated rings. The van der Waals surface area contributed by atoms with Crippen LogP contribution in [0.2, 0.25) is 0 Å². The summed E-state index contributed by atoms with van der Waals surface area (Å²) in [6.45, 7) is 9.85. The van der Waals surface area contributed by atoms with Crippen LogP contribution in [-0.2, 0) is 4.74 Å². The van der Waals surface area contributed by atoms with Crippen LogP contribution in [0.5, 0.6) is 0 Å². The number of hydrogen-bond donors (Lipinski definition) is 2. The van der Waals surface area contributed by atoms with Crippen molar-refractivity contribution in [2.24, 2.45) is 11.3 Å². The second kappa shape index (κ2) is 7.25. The molecule has 1 atom stereocenters. The highest BCUT2D eigenvalue weighted by Crippen LogP contribution is 2.41. The first-order valence-electron chi connectivity index (χ1n) is 6.57. The summed E-state index contributed by atoms with van der Waals surface area (Å²) in [7, 11) is 1.74. The van der Waals surface area contributed by atoms with Crippen molar-refractivity contribution in [2.45, 2.75) is 33.1 Å². The van der Waals surface area contributed by atoms with E-state index in [2.05, 4.69) is 24.5 Å². The summed E-state index contributed by atoms with van der Waals surface area (Å²) < 4.78 is 4.97. The molecular weight excluding hydrogens is 200 g/mol. The molecule has 1 rings (SSSR count). The first-order valence-corrected chi connectivity index (χ1v) is 6.57. The molecule has 3 heteroatoms. The highest BCUT2D eigenvalue weighted by Gasteiger charge is 2.33. The number of ether oxygens (including phenoxy) is 1. The summed E-state index contributed by atoms with van der Waals surface area (Å²) in [6, 6.07) is 0. The maximum Gasteiger partial charge on any atom is 0.0587 e. The van der Waals surface area contributed by atoms with E-state index in [1.807, 2.05) is 0 Å². The van der Waals surface area contributed by atoms with Crippen molar-refractivity contribution in [1.29, 1.82) is 0 Å². The van der Waals surface area contributed by atoms with Gasteiger partial charge in [0.25, 0.3) is 0 Å². The van der Waals surface area contributed by atoms with Crippen LogP contribution in [0.15, 0.2) is 0 Å². The average molecular weight is 228 g/mol. The van der Waals surface area contributed by atoms with E-state index in [9.17, 15) is 0 Å². The highest BCUT2D eigenvalue weighted by molar-refractivity contribution is 4.85. The molecule has 16 heavy (non-hydrogen) atoms. The Kier molecular flexibility index (Phi) is 6.32. The van der Waals surface area contributed by atoms with Crippen LogP contribution in [0.1, 0.15) is 33.1 Å². The van der Waals surface area contributed by atoms with Crippen molar-refractivity contribution in [3.63, 3.8) is 0 Å². The van der Waals surface area contributed by atoms with Crippen LogP contribution in [0.25, 0.3) is 0 Å². The third-order valence-electron chi connectivity index (χ3n) is 3.83. The summed E-state index contributed by atoms with van der Waals surface area (Å²) in [6.07, 6.45) is 4.20. The van der Waals surface area contributed by atoms with Gasteiger partial charge in [-0.2, -0.15) is 0 Å². The lowest BCUT2D eigenvalue weighted by atomic mass is 9.82. The number of hydrogen-bond acceptors (Lipinski definition) is 3. The molecule has 0 spiro atoms. The van der Waals surface area contributed by atoms with Gasteiger partial charge in [-0.25, -0.2) is 0 Å². The maximum absolute atomic E-state index is 4.97. The van der Waals surface area contributed by atoms with Gasteiger partial charge in [-0.05, 0) is 30.7 Å². The number of methoxy groups -OCH3 is 1. The standard InChI is InChI=1S/C13H28N2O/c1-13(2)6-4-5-12(13)11-15-8-7-14-9-10-16-3/h12,14-15H,4-11H2,1-3H3. The SMILES string of the molecule is COCCNCCNCC1CCCC1(C)C. The van der Waals surface area contributed by atoms with Crippen molar-refractivity contribution in [1.82, 2.24) is 10.6 Å². The van der Waals surface area contributed by atoms with Gasteiger partial charge in [0.2, 0.25) is 0 Å². The highest BCUT2D eigenvalue weighted by atomic mass is 16.5. The topological polar surface area (TPSA) is 33.3 Å². The molecule has 0 bridgehead atoms. The normalized spacial score (nSPS) is 23.8. The molecule has 0 saturated heterocycles. The molecule has 3 nitrogen and oxygen atoms in total. The largest absolute Gasteiger partial charge is 0.383 e. The van der Waals surface area contributed by atoms with E-state index >= 15 is 0 Å². The van der Waals surface area contributed by atoms with Crippen LogP contribution >= 0.6 is 0 Å².